The summed E-state index contributed by atoms with van der Waals surface area (Å²) in [5.74, 6) is 2.77. The molecule has 84 valence electrons. The molecule has 0 spiro atoms. The summed E-state index contributed by atoms with van der Waals surface area (Å²) in [4.78, 5) is 0. The Morgan fingerprint density at radius 1 is 1.21 bits per heavy atom. The molecule has 0 aromatic carbocycles. The molecule has 1 rings (SSSR count). The molecule has 0 aromatic rings. The Kier molecular flexibility index (Phi) is 4.43. The molecule has 1 unspecified atom stereocenters. The fraction of sp³-hybridized carbons (Fsp3) is 1.00. The molecule has 0 aromatic heterocycles. The molecule has 1 aliphatic carbocycles. The van der Waals surface area contributed by atoms with E-state index in [9.17, 15) is 5.11 Å². The summed E-state index contributed by atoms with van der Waals surface area (Å²) >= 11 is 0. The zero-order valence-corrected chi connectivity index (χ0v) is 10.2. The van der Waals surface area contributed by atoms with Crippen LogP contribution in [0.5, 0.6) is 0 Å². The highest BCUT2D eigenvalue weighted by molar-refractivity contribution is 4.87. The first-order chi connectivity index (χ1) is 6.61. The van der Waals surface area contributed by atoms with E-state index in [2.05, 4.69) is 27.7 Å². The van der Waals surface area contributed by atoms with Gasteiger partial charge in [0.15, 0.2) is 0 Å². The van der Waals surface area contributed by atoms with Crippen molar-refractivity contribution < 1.29 is 5.11 Å². The maximum atomic E-state index is 9.97. The average molecular weight is 198 g/mol. The molecule has 0 radical (unpaired) electrons. The van der Waals surface area contributed by atoms with Crippen molar-refractivity contribution in [3.8, 4) is 0 Å². The molecule has 0 heterocycles. The van der Waals surface area contributed by atoms with Crippen molar-refractivity contribution in [2.24, 2.45) is 23.7 Å². The van der Waals surface area contributed by atoms with Gasteiger partial charge in [-0.15, -0.1) is 0 Å². The van der Waals surface area contributed by atoms with Crippen LogP contribution in [-0.4, -0.2) is 11.2 Å². The smallest absolute Gasteiger partial charge is 0.0573 e. The number of aliphatic hydroxyl groups excluding tert-OH is 1. The van der Waals surface area contributed by atoms with Gasteiger partial charge in [-0.3, -0.25) is 0 Å². The van der Waals surface area contributed by atoms with Crippen molar-refractivity contribution in [2.45, 2.75) is 59.5 Å². The largest absolute Gasteiger partial charge is 0.393 e. The molecule has 0 aliphatic heterocycles. The van der Waals surface area contributed by atoms with Gasteiger partial charge in [-0.2, -0.15) is 0 Å². The third kappa shape index (κ3) is 2.31. The first-order valence-corrected chi connectivity index (χ1v) is 6.29. The highest BCUT2D eigenvalue weighted by Crippen LogP contribution is 2.41. The van der Waals surface area contributed by atoms with E-state index in [-0.39, 0.29) is 6.10 Å². The second-order valence-corrected chi connectivity index (χ2v) is 5.14. The van der Waals surface area contributed by atoms with E-state index >= 15 is 0 Å². The van der Waals surface area contributed by atoms with Crippen molar-refractivity contribution in [1.82, 2.24) is 0 Å². The predicted molar refractivity (Wildman–Crippen MR) is 61.1 cm³/mol. The Morgan fingerprint density at radius 3 is 2.14 bits per heavy atom. The van der Waals surface area contributed by atoms with Crippen molar-refractivity contribution in [2.75, 3.05) is 0 Å². The summed E-state index contributed by atoms with van der Waals surface area (Å²) < 4.78 is 0. The fourth-order valence-corrected chi connectivity index (χ4v) is 3.41. The van der Waals surface area contributed by atoms with Crippen LogP contribution in [0.15, 0.2) is 0 Å². The molecule has 1 aliphatic rings. The van der Waals surface area contributed by atoms with Crippen molar-refractivity contribution in [3.05, 3.63) is 0 Å². The van der Waals surface area contributed by atoms with Gasteiger partial charge in [-0.25, -0.2) is 0 Å². The molecule has 1 N–H and O–H groups in total. The summed E-state index contributed by atoms with van der Waals surface area (Å²) in [5.41, 5.74) is 0. The number of hydrogen-bond acceptors (Lipinski definition) is 1. The van der Waals surface area contributed by atoms with Gasteiger partial charge in [0.05, 0.1) is 6.10 Å². The van der Waals surface area contributed by atoms with Crippen LogP contribution >= 0.6 is 0 Å². The van der Waals surface area contributed by atoms with E-state index in [4.69, 9.17) is 0 Å². The van der Waals surface area contributed by atoms with E-state index in [1.54, 1.807) is 0 Å². The Morgan fingerprint density at radius 2 is 1.79 bits per heavy atom. The van der Waals surface area contributed by atoms with Crippen LogP contribution < -0.4 is 0 Å². The van der Waals surface area contributed by atoms with E-state index in [0.717, 1.165) is 18.3 Å². The molecule has 0 amide bonds. The normalized spacial score (nSPS) is 35.1. The van der Waals surface area contributed by atoms with Gasteiger partial charge in [-0.1, -0.05) is 40.5 Å². The summed E-state index contributed by atoms with van der Waals surface area (Å²) in [7, 11) is 0. The van der Waals surface area contributed by atoms with Gasteiger partial charge >= 0.3 is 0 Å². The van der Waals surface area contributed by atoms with Gasteiger partial charge in [-0.05, 0) is 36.5 Å². The summed E-state index contributed by atoms with van der Waals surface area (Å²) in [6.45, 7) is 9.19. The number of hydrogen-bond donors (Lipinski definition) is 1. The van der Waals surface area contributed by atoms with E-state index < -0.39 is 0 Å². The summed E-state index contributed by atoms with van der Waals surface area (Å²) in [6.07, 6.45) is 4.73. The van der Waals surface area contributed by atoms with Crippen LogP contribution in [0.3, 0.4) is 0 Å². The standard InChI is InChI=1S/C13H26O/c1-5-11(6-2)10(4)13-9(3)7-8-12(13)14/h9-14H,5-8H2,1-4H3/t9-,10?,12-,13-/m1/s1. The Bertz CT molecular complexity index is 153. The lowest BCUT2D eigenvalue weighted by atomic mass is 9.75. The van der Waals surface area contributed by atoms with Gasteiger partial charge in [0, 0.05) is 0 Å². The minimum Gasteiger partial charge on any atom is -0.393 e. The van der Waals surface area contributed by atoms with Crippen molar-refractivity contribution >= 4 is 0 Å². The number of rotatable bonds is 4. The van der Waals surface area contributed by atoms with Crippen LogP contribution in [0.2, 0.25) is 0 Å². The maximum absolute atomic E-state index is 9.97. The Balaban J connectivity index is 2.61. The third-order valence-corrected chi connectivity index (χ3v) is 4.42. The predicted octanol–water partition coefficient (Wildman–Crippen LogP) is 3.47. The summed E-state index contributed by atoms with van der Waals surface area (Å²) in [5, 5.41) is 9.97. The minimum absolute atomic E-state index is 0.0272. The third-order valence-electron chi connectivity index (χ3n) is 4.42. The Labute approximate surface area is 88.9 Å². The Hall–Kier alpha value is -0.0400. The molecular formula is C13H26O. The van der Waals surface area contributed by atoms with Crippen LogP contribution in [-0.2, 0) is 0 Å². The van der Waals surface area contributed by atoms with Crippen molar-refractivity contribution in [1.29, 1.82) is 0 Å². The molecule has 1 saturated carbocycles. The highest BCUT2D eigenvalue weighted by Gasteiger charge is 2.37. The zero-order chi connectivity index (χ0) is 10.7. The second kappa shape index (κ2) is 5.16. The molecule has 0 bridgehead atoms. The topological polar surface area (TPSA) is 20.2 Å². The molecule has 1 heteroatoms. The fourth-order valence-electron chi connectivity index (χ4n) is 3.41. The minimum atomic E-state index is -0.0272. The zero-order valence-electron chi connectivity index (χ0n) is 10.2. The SMILES string of the molecule is CCC(CC)C(C)[C@H]1[C@H](C)CC[C@H]1O. The van der Waals surface area contributed by atoms with E-state index in [1.165, 1.54) is 19.3 Å². The molecule has 1 nitrogen and oxygen atoms in total. The molecule has 14 heavy (non-hydrogen) atoms. The summed E-state index contributed by atoms with van der Waals surface area (Å²) in [6, 6.07) is 0. The number of aliphatic hydroxyl groups is 1. The first kappa shape index (κ1) is 12.0. The maximum Gasteiger partial charge on any atom is 0.0573 e. The second-order valence-electron chi connectivity index (χ2n) is 5.14. The lowest BCUT2D eigenvalue weighted by Crippen LogP contribution is -2.29. The molecule has 4 atom stereocenters. The lowest BCUT2D eigenvalue weighted by molar-refractivity contribution is 0.0621. The van der Waals surface area contributed by atoms with Crippen LogP contribution in [0, 0.1) is 23.7 Å². The van der Waals surface area contributed by atoms with Crippen LogP contribution in [0.1, 0.15) is 53.4 Å². The van der Waals surface area contributed by atoms with Crippen LogP contribution in [0.4, 0.5) is 0 Å². The van der Waals surface area contributed by atoms with E-state index in [1.807, 2.05) is 0 Å². The molecular weight excluding hydrogens is 172 g/mol. The van der Waals surface area contributed by atoms with Crippen molar-refractivity contribution in [3.63, 3.8) is 0 Å². The highest BCUT2D eigenvalue weighted by atomic mass is 16.3. The average Bonchev–Trinajstić information content (AvgIpc) is 2.48. The molecule has 0 saturated heterocycles. The van der Waals surface area contributed by atoms with Crippen LogP contribution in [0.25, 0.3) is 0 Å². The van der Waals surface area contributed by atoms with Gasteiger partial charge in [0.2, 0.25) is 0 Å². The van der Waals surface area contributed by atoms with Gasteiger partial charge in [0.25, 0.3) is 0 Å². The van der Waals surface area contributed by atoms with E-state index in [0.29, 0.717) is 11.8 Å². The quantitative estimate of drug-likeness (QED) is 0.733. The monoisotopic (exact) mass is 198 g/mol. The van der Waals surface area contributed by atoms with Gasteiger partial charge < -0.3 is 5.11 Å². The lowest BCUT2D eigenvalue weighted by Gasteiger charge is -2.32. The first-order valence-electron chi connectivity index (χ1n) is 6.29. The van der Waals surface area contributed by atoms with Gasteiger partial charge in [0.1, 0.15) is 0 Å². The molecule has 1 fully saturated rings.